The van der Waals surface area contributed by atoms with Gasteiger partial charge in [-0.3, -0.25) is 5.10 Å². The molecule has 3 nitrogen and oxygen atoms in total. The first kappa shape index (κ1) is 11.9. The minimum absolute atomic E-state index is 0.353. The lowest BCUT2D eigenvalue weighted by atomic mass is 10.1. The highest BCUT2D eigenvalue weighted by molar-refractivity contribution is 5.82. The summed E-state index contributed by atoms with van der Waals surface area (Å²) in [4.78, 5) is 0. The molecule has 6 heteroatoms. The SMILES string of the molecule is CNCCc1[nH]nc2cc(C(F)(F)F)ccc12. The summed E-state index contributed by atoms with van der Waals surface area (Å²) in [5.41, 5.74) is 0.533. The number of nitrogens with zero attached hydrogens (tertiary/aromatic N) is 1. The van der Waals surface area contributed by atoms with Gasteiger partial charge in [0.2, 0.25) is 0 Å². The first-order chi connectivity index (χ1) is 8.02. The van der Waals surface area contributed by atoms with Crippen LogP contribution in [0.25, 0.3) is 10.9 Å². The second-order valence-electron chi connectivity index (χ2n) is 3.79. The molecule has 0 radical (unpaired) electrons. The number of alkyl halides is 3. The van der Waals surface area contributed by atoms with Crippen molar-refractivity contribution < 1.29 is 13.2 Å². The molecule has 2 aromatic rings. The Bertz CT molecular complexity index is 516. The van der Waals surface area contributed by atoms with Crippen LogP contribution in [0, 0.1) is 0 Å². The van der Waals surface area contributed by atoms with Gasteiger partial charge in [-0.2, -0.15) is 18.3 Å². The lowest BCUT2D eigenvalue weighted by Gasteiger charge is -2.05. The molecule has 0 aliphatic heterocycles. The summed E-state index contributed by atoms with van der Waals surface area (Å²) in [5, 5.41) is 10.4. The highest BCUT2D eigenvalue weighted by Crippen LogP contribution is 2.31. The van der Waals surface area contributed by atoms with Gasteiger partial charge in [0.1, 0.15) is 0 Å². The lowest BCUT2D eigenvalue weighted by molar-refractivity contribution is -0.137. The van der Waals surface area contributed by atoms with Gasteiger partial charge in [0.15, 0.2) is 0 Å². The number of likely N-dealkylation sites (N-methyl/N-ethyl adjacent to an activating group) is 1. The maximum absolute atomic E-state index is 12.5. The Kier molecular flexibility index (Phi) is 3.06. The monoisotopic (exact) mass is 243 g/mol. The van der Waals surface area contributed by atoms with E-state index in [2.05, 4.69) is 15.5 Å². The van der Waals surface area contributed by atoms with E-state index in [1.165, 1.54) is 6.07 Å². The van der Waals surface area contributed by atoms with Crippen molar-refractivity contribution in [2.45, 2.75) is 12.6 Å². The van der Waals surface area contributed by atoms with Crippen LogP contribution >= 0.6 is 0 Å². The van der Waals surface area contributed by atoms with Gasteiger partial charge in [-0.25, -0.2) is 0 Å². The Labute approximate surface area is 96.0 Å². The number of hydrogen-bond acceptors (Lipinski definition) is 2. The normalized spacial score (nSPS) is 12.2. The largest absolute Gasteiger partial charge is 0.416 e. The number of rotatable bonds is 3. The van der Waals surface area contributed by atoms with E-state index < -0.39 is 11.7 Å². The van der Waals surface area contributed by atoms with Gasteiger partial charge in [-0.1, -0.05) is 6.07 Å². The number of aromatic nitrogens is 2. The average molecular weight is 243 g/mol. The summed E-state index contributed by atoms with van der Waals surface area (Å²) in [7, 11) is 1.82. The first-order valence-corrected chi connectivity index (χ1v) is 5.21. The molecule has 0 bridgehead atoms. The van der Waals surface area contributed by atoms with Crippen molar-refractivity contribution in [3.05, 3.63) is 29.5 Å². The van der Waals surface area contributed by atoms with Crippen molar-refractivity contribution in [1.82, 2.24) is 15.5 Å². The Morgan fingerprint density at radius 3 is 2.76 bits per heavy atom. The molecule has 0 unspecified atom stereocenters. The van der Waals surface area contributed by atoms with Crippen LogP contribution in [0.4, 0.5) is 13.2 Å². The molecule has 0 atom stereocenters. The van der Waals surface area contributed by atoms with Crippen LogP contribution in [0.3, 0.4) is 0 Å². The summed E-state index contributed by atoms with van der Waals surface area (Å²) in [6.07, 6.45) is -3.61. The summed E-state index contributed by atoms with van der Waals surface area (Å²) < 4.78 is 37.4. The Balaban J connectivity index is 2.38. The van der Waals surface area contributed by atoms with Crippen molar-refractivity contribution in [2.75, 3.05) is 13.6 Å². The third kappa shape index (κ3) is 2.41. The molecule has 1 aromatic carbocycles. The van der Waals surface area contributed by atoms with Crippen LogP contribution in [0.15, 0.2) is 18.2 Å². The molecular formula is C11H12F3N3. The molecule has 0 saturated carbocycles. The number of nitrogens with one attached hydrogen (secondary N) is 2. The summed E-state index contributed by atoms with van der Waals surface area (Å²) in [6.45, 7) is 0.748. The van der Waals surface area contributed by atoms with Gasteiger partial charge >= 0.3 is 6.18 Å². The van der Waals surface area contributed by atoms with E-state index in [1.54, 1.807) is 0 Å². The molecule has 1 heterocycles. The number of H-pyrrole nitrogens is 1. The third-order valence-electron chi connectivity index (χ3n) is 2.59. The fraction of sp³-hybridized carbons (Fsp3) is 0.364. The summed E-state index contributed by atoms with van der Waals surface area (Å²) in [5.74, 6) is 0. The summed E-state index contributed by atoms with van der Waals surface area (Å²) in [6, 6.07) is 3.61. The van der Waals surface area contributed by atoms with Gasteiger partial charge in [0, 0.05) is 24.0 Å². The van der Waals surface area contributed by atoms with E-state index in [0.29, 0.717) is 11.9 Å². The molecule has 1 aromatic heterocycles. The van der Waals surface area contributed by atoms with Gasteiger partial charge in [0.25, 0.3) is 0 Å². The van der Waals surface area contributed by atoms with Gasteiger partial charge in [-0.05, 0) is 19.2 Å². The van der Waals surface area contributed by atoms with Crippen LogP contribution in [-0.2, 0) is 12.6 Å². The van der Waals surface area contributed by atoms with Crippen LogP contribution < -0.4 is 5.32 Å². The standard InChI is InChI=1S/C11H12F3N3/c1-15-5-4-9-8-3-2-7(11(12,13)14)6-10(8)17-16-9/h2-3,6,15H,4-5H2,1H3,(H,16,17). The number of benzene rings is 1. The molecule has 0 aliphatic carbocycles. The maximum Gasteiger partial charge on any atom is 0.416 e. The van der Waals surface area contributed by atoms with Crippen LogP contribution in [-0.4, -0.2) is 23.8 Å². The minimum Gasteiger partial charge on any atom is -0.319 e. The maximum atomic E-state index is 12.5. The van der Waals surface area contributed by atoms with Crippen LogP contribution in [0.5, 0.6) is 0 Å². The van der Waals surface area contributed by atoms with E-state index in [9.17, 15) is 13.2 Å². The van der Waals surface area contributed by atoms with E-state index in [1.807, 2.05) is 7.05 Å². The molecule has 0 amide bonds. The van der Waals surface area contributed by atoms with Gasteiger partial charge < -0.3 is 5.32 Å². The predicted molar refractivity (Wildman–Crippen MR) is 58.7 cm³/mol. The fourth-order valence-corrected chi connectivity index (χ4v) is 1.68. The smallest absolute Gasteiger partial charge is 0.319 e. The zero-order valence-electron chi connectivity index (χ0n) is 9.23. The zero-order chi connectivity index (χ0) is 12.5. The predicted octanol–water partition coefficient (Wildman–Crippen LogP) is 2.34. The second-order valence-corrected chi connectivity index (χ2v) is 3.79. The first-order valence-electron chi connectivity index (χ1n) is 5.21. The van der Waals surface area contributed by atoms with Crippen LogP contribution in [0.2, 0.25) is 0 Å². The average Bonchev–Trinajstić information content (AvgIpc) is 2.67. The minimum atomic E-state index is -4.32. The molecule has 0 fully saturated rings. The highest BCUT2D eigenvalue weighted by atomic mass is 19.4. The van der Waals surface area contributed by atoms with E-state index in [0.717, 1.165) is 29.8 Å². The molecule has 0 saturated heterocycles. The topological polar surface area (TPSA) is 40.7 Å². The van der Waals surface area contributed by atoms with Gasteiger partial charge in [0.05, 0.1) is 11.1 Å². The van der Waals surface area contributed by atoms with Crippen molar-refractivity contribution in [2.24, 2.45) is 0 Å². The molecular weight excluding hydrogens is 231 g/mol. The van der Waals surface area contributed by atoms with E-state index in [-0.39, 0.29) is 0 Å². The van der Waals surface area contributed by atoms with Crippen molar-refractivity contribution in [3.8, 4) is 0 Å². The quantitative estimate of drug-likeness (QED) is 0.868. The molecule has 92 valence electrons. The Hall–Kier alpha value is -1.56. The number of aromatic amines is 1. The molecule has 17 heavy (non-hydrogen) atoms. The van der Waals surface area contributed by atoms with E-state index in [4.69, 9.17) is 0 Å². The number of hydrogen-bond donors (Lipinski definition) is 2. The summed E-state index contributed by atoms with van der Waals surface area (Å²) >= 11 is 0. The fourth-order valence-electron chi connectivity index (χ4n) is 1.68. The molecule has 2 rings (SSSR count). The van der Waals surface area contributed by atoms with Crippen LogP contribution in [0.1, 0.15) is 11.3 Å². The molecule has 0 spiro atoms. The highest BCUT2D eigenvalue weighted by Gasteiger charge is 2.30. The second kappa shape index (κ2) is 4.37. The number of fused-ring (bicyclic) bond motifs is 1. The van der Waals surface area contributed by atoms with Crippen molar-refractivity contribution >= 4 is 10.9 Å². The lowest BCUT2D eigenvalue weighted by Crippen LogP contribution is -2.10. The van der Waals surface area contributed by atoms with Crippen molar-refractivity contribution in [1.29, 1.82) is 0 Å². The molecule has 2 N–H and O–H groups in total. The zero-order valence-corrected chi connectivity index (χ0v) is 9.23. The third-order valence-corrected chi connectivity index (χ3v) is 2.59. The number of halogens is 3. The van der Waals surface area contributed by atoms with Gasteiger partial charge in [-0.15, -0.1) is 0 Å². The molecule has 0 aliphatic rings. The van der Waals surface area contributed by atoms with E-state index >= 15 is 0 Å². The Morgan fingerprint density at radius 2 is 2.12 bits per heavy atom. The Morgan fingerprint density at radius 1 is 1.35 bits per heavy atom. The van der Waals surface area contributed by atoms with Crippen molar-refractivity contribution in [3.63, 3.8) is 0 Å².